The van der Waals surface area contributed by atoms with Crippen molar-refractivity contribution < 1.29 is 9.47 Å². The Balaban J connectivity index is 2.17. The van der Waals surface area contributed by atoms with Gasteiger partial charge in [0.1, 0.15) is 0 Å². The Labute approximate surface area is 127 Å². The highest BCUT2D eigenvalue weighted by atomic mass is 79.9. The van der Waals surface area contributed by atoms with E-state index in [-0.39, 0.29) is 0 Å². The average molecular weight is 349 g/mol. The van der Waals surface area contributed by atoms with Gasteiger partial charge in [-0.2, -0.15) is 0 Å². The number of hydrogen-bond acceptors (Lipinski definition) is 3. The molecule has 1 aliphatic heterocycles. The molecule has 0 spiro atoms. The molecule has 1 heterocycles. The molecule has 0 radical (unpaired) electrons. The molecule has 1 N–H and O–H groups in total. The van der Waals surface area contributed by atoms with E-state index in [1.165, 1.54) is 0 Å². The summed E-state index contributed by atoms with van der Waals surface area (Å²) in [4.78, 5) is 0. The monoisotopic (exact) mass is 347 g/mol. The maximum Gasteiger partial charge on any atom is 0.156 e. The van der Waals surface area contributed by atoms with Crippen LogP contribution in [0.3, 0.4) is 0 Å². The normalized spacial score (nSPS) is 23.2. The Kier molecular flexibility index (Phi) is 5.37. The van der Waals surface area contributed by atoms with Gasteiger partial charge in [0.15, 0.2) is 5.75 Å². The van der Waals surface area contributed by atoms with Gasteiger partial charge in [0.05, 0.1) is 22.9 Å². The van der Waals surface area contributed by atoms with Crippen molar-refractivity contribution in [3.05, 3.63) is 21.6 Å². The third-order valence-corrected chi connectivity index (χ3v) is 3.95. The molecule has 2 unspecified atom stereocenters. The first-order valence-electron chi connectivity index (χ1n) is 6.60. The summed E-state index contributed by atoms with van der Waals surface area (Å²) < 4.78 is 12.1. The SMILES string of the molecule is CCOc1c(Br)cc(Cl)cc1NC1CCOC(C)C1. The molecule has 1 fully saturated rings. The van der Waals surface area contributed by atoms with E-state index in [0.29, 0.717) is 23.8 Å². The van der Waals surface area contributed by atoms with Crippen molar-refractivity contribution in [1.29, 1.82) is 0 Å². The highest BCUT2D eigenvalue weighted by molar-refractivity contribution is 9.10. The Hall–Kier alpha value is -0.450. The van der Waals surface area contributed by atoms with Crippen LogP contribution in [0.2, 0.25) is 5.02 Å². The molecule has 2 atom stereocenters. The average Bonchev–Trinajstić information content (AvgIpc) is 2.33. The summed E-state index contributed by atoms with van der Waals surface area (Å²) >= 11 is 9.62. The van der Waals surface area contributed by atoms with E-state index in [2.05, 4.69) is 28.2 Å². The fraction of sp³-hybridized carbons (Fsp3) is 0.571. The van der Waals surface area contributed by atoms with Crippen molar-refractivity contribution in [3.8, 4) is 5.75 Å². The Morgan fingerprint density at radius 1 is 1.53 bits per heavy atom. The second kappa shape index (κ2) is 6.82. The van der Waals surface area contributed by atoms with Gasteiger partial charge in [-0.1, -0.05) is 11.6 Å². The lowest BCUT2D eigenvalue weighted by Crippen LogP contribution is -2.32. The summed E-state index contributed by atoms with van der Waals surface area (Å²) in [5, 5.41) is 4.22. The third-order valence-electron chi connectivity index (χ3n) is 3.14. The number of ether oxygens (including phenoxy) is 2. The van der Waals surface area contributed by atoms with E-state index in [1.54, 1.807) is 0 Å². The molecule has 106 valence electrons. The fourth-order valence-electron chi connectivity index (χ4n) is 2.31. The minimum absolute atomic E-state index is 0.296. The maximum atomic E-state index is 6.12. The lowest BCUT2D eigenvalue weighted by atomic mass is 10.0. The van der Waals surface area contributed by atoms with Gasteiger partial charge in [-0.15, -0.1) is 0 Å². The van der Waals surface area contributed by atoms with Crippen molar-refractivity contribution in [3.63, 3.8) is 0 Å². The van der Waals surface area contributed by atoms with Gasteiger partial charge in [0.25, 0.3) is 0 Å². The molecule has 3 nitrogen and oxygen atoms in total. The topological polar surface area (TPSA) is 30.5 Å². The molecular weight excluding hydrogens is 330 g/mol. The number of nitrogens with one attached hydrogen (secondary N) is 1. The van der Waals surface area contributed by atoms with Crippen LogP contribution in [-0.2, 0) is 4.74 Å². The molecule has 0 saturated carbocycles. The number of benzene rings is 1. The van der Waals surface area contributed by atoms with Crippen LogP contribution in [0, 0.1) is 0 Å². The van der Waals surface area contributed by atoms with E-state index in [1.807, 2.05) is 19.1 Å². The zero-order chi connectivity index (χ0) is 13.8. The predicted octanol–water partition coefficient (Wildman–Crippen LogP) is 4.48. The maximum absolute atomic E-state index is 6.12. The molecule has 0 bridgehead atoms. The van der Waals surface area contributed by atoms with Gasteiger partial charge in [0.2, 0.25) is 0 Å². The Morgan fingerprint density at radius 2 is 2.32 bits per heavy atom. The minimum Gasteiger partial charge on any atom is -0.491 e. The van der Waals surface area contributed by atoms with Crippen LogP contribution in [0.25, 0.3) is 0 Å². The van der Waals surface area contributed by atoms with Crippen molar-refractivity contribution >= 4 is 33.2 Å². The number of anilines is 1. The first-order chi connectivity index (χ1) is 9.10. The molecule has 19 heavy (non-hydrogen) atoms. The van der Waals surface area contributed by atoms with Gasteiger partial charge in [-0.05, 0) is 54.8 Å². The van der Waals surface area contributed by atoms with E-state index < -0.39 is 0 Å². The fourth-order valence-corrected chi connectivity index (χ4v) is 3.23. The zero-order valence-corrected chi connectivity index (χ0v) is 13.6. The molecule has 1 aromatic carbocycles. The van der Waals surface area contributed by atoms with Crippen molar-refractivity contribution in [2.45, 2.75) is 38.8 Å². The summed E-state index contributed by atoms with van der Waals surface area (Å²) in [5.41, 5.74) is 0.945. The molecule has 2 rings (SSSR count). The summed E-state index contributed by atoms with van der Waals surface area (Å²) in [7, 11) is 0. The molecule has 5 heteroatoms. The summed E-state index contributed by atoms with van der Waals surface area (Å²) in [5.74, 6) is 0.825. The standard InChI is InChI=1S/C14H19BrClNO2/c1-3-18-14-12(15)7-10(16)8-13(14)17-11-4-5-19-9(2)6-11/h7-9,11,17H,3-6H2,1-2H3. The third kappa shape index (κ3) is 4.01. The highest BCUT2D eigenvalue weighted by Crippen LogP contribution is 2.37. The Morgan fingerprint density at radius 3 is 3.00 bits per heavy atom. The number of rotatable bonds is 4. The van der Waals surface area contributed by atoms with Crippen LogP contribution in [-0.4, -0.2) is 25.4 Å². The lowest BCUT2D eigenvalue weighted by molar-refractivity contribution is 0.0232. The van der Waals surface area contributed by atoms with E-state index in [9.17, 15) is 0 Å². The predicted molar refractivity (Wildman–Crippen MR) is 82.4 cm³/mol. The van der Waals surface area contributed by atoms with E-state index in [4.69, 9.17) is 21.1 Å². The quantitative estimate of drug-likeness (QED) is 0.870. The molecule has 1 saturated heterocycles. The summed E-state index contributed by atoms with van der Waals surface area (Å²) in [6.07, 6.45) is 2.29. The minimum atomic E-state index is 0.296. The van der Waals surface area contributed by atoms with E-state index >= 15 is 0 Å². The Bertz CT molecular complexity index is 442. The van der Waals surface area contributed by atoms with Gasteiger partial charge < -0.3 is 14.8 Å². The first-order valence-corrected chi connectivity index (χ1v) is 7.77. The summed E-state index contributed by atoms with van der Waals surface area (Å²) in [6.45, 7) is 5.50. The summed E-state index contributed by atoms with van der Waals surface area (Å²) in [6, 6.07) is 4.16. The van der Waals surface area contributed by atoms with Crippen molar-refractivity contribution in [2.75, 3.05) is 18.5 Å². The largest absolute Gasteiger partial charge is 0.491 e. The van der Waals surface area contributed by atoms with Crippen LogP contribution in [0.15, 0.2) is 16.6 Å². The van der Waals surface area contributed by atoms with E-state index in [0.717, 1.165) is 35.4 Å². The molecule has 1 aliphatic rings. The van der Waals surface area contributed by atoms with Crippen molar-refractivity contribution in [1.82, 2.24) is 0 Å². The van der Waals surface area contributed by atoms with Gasteiger partial charge in [-0.3, -0.25) is 0 Å². The van der Waals surface area contributed by atoms with Gasteiger partial charge >= 0.3 is 0 Å². The molecular formula is C14H19BrClNO2. The highest BCUT2D eigenvalue weighted by Gasteiger charge is 2.21. The van der Waals surface area contributed by atoms with Gasteiger partial charge in [-0.25, -0.2) is 0 Å². The smallest absolute Gasteiger partial charge is 0.156 e. The van der Waals surface area contributed by atoms with Crippen LogP contribution in [0.4, 0.5) is 5.69 Å². The number of hydrogen-bond donors (Lipinski definition) is 1. The van der Waals surface area contributed by atoms with Crippen molar-refractivity contribution in [2.24, 2.45) is 0 Å². The second-order valence-corrected chi connectivity index (χ2v) is 6.04. The van der Waals surface area contributed by atoms with Crippen LogP contribution in [0.1, 0.15) is 26.7 Å². The molecule has 0 amide bonds. The lowest BCUT2D eigenvalue weighted by Gasteiger charge is -2.29. The first kappa shape index (κ1) is 14.9. The van der Waals surface area contributed by atoms with Crippen LogP contribution >= 0.6 is 27.5 Å². The second-order valence-electron chi connectivity index (χ2n) is 4.74. The zero-order valence-electron chi connectivity index (χ0n) is 11.2. The van der Waals surface area contributed by atoms with Gasteiger partial charge in [0, 0.05) is 17.7 Å². The van der Waals surface area contributed by atoms with Crippen LogP contribution < -0.4 is 10.1 Å². The molecule has 0 aromatic heterocycles. The molecule has 0 aliphatic carbocycles. The van der Waals surface area contributed by atoms with Crippen LogP contribution in [0.5, 0.6) is 5.75 Å². The molecule has 1 aromatic rings. The number of halogens is 2.